The molecule has 0 unspecified atom stereocenters. The van der Waals surface area contributed by atoms with E-state index in [4.69, 9.17) is 20.9 Å². The number of hydrogen-bond donors (Lipinski definition) is 2. The molecule has 0 saturated carbocycles. The molecule has 140 valence electrons. The van der Waals surface area contributed by atoms with Crippen molar-refractivity contribution in [2.24, 2.45) is 0 Å². The summed E-state index contributed by atoms with van der Waals surface area (Å²) < 4.78 is 10.6. The summed E-state index contributed by atoms with van der Waals surface area (Å²) >= 11 is 5.92. The molecule has 0 aliphatic carbocycles. The number of halogens is 1. The normalized spacial score (nSPS) is 16.4. The van der Waals surface area contributed by atoms with E-state index in [1.165, 1.54) is 6.92 Å². The predicted octanol–water partition coefficient (Wildman–Crippen LogP) is 2.11. The lowest BCUT2D eigenvalue weighted by Gasteiger charge is -2.26. The highest BCUT2D eigenvalue weighted by Gasteiger charge is 2.26. The van der Waals surface area contributed by atoms with Crippen LogP contribution in [0.4, 0.5) is 0 Å². The molecule has 1 aromatic carbocycles. The van der Waals surface area contributed by atoms with Crippen molar-refractivity contribution in [3.05, 3.63) is 40.6 Å². The Morgan fingerprint density at radius 1 is 1.35 bits per heavy atom. The fourth-order valence-corrected chi connectivity index (χ4v) is 2.98. The molecule has 1 aliphatic rings. The SMILES string of the molecule is C[C@H](O)c1onc(-c2ccc(Cl)cc2)c1C(=O)NCCN1CCOCC1. The van der Waals surface area contributed by atoms with Crippen molar-refractivity contribution in [1.82, 2.24) is 15.4 Å². The van der Waals surface area contributed by atoms with Crippen LogP contribution in [0.15, 0.2) is 28.8 Å². The van der Waals surface area contributed by atoms with Gasteiger partial charge in [-0.25, -0.2) is 0 Å². The number of ether oxygens (including phenoxy) is 1. The third kappa shape index (κ3) is 4.42. The van der Waals surface area contributed by atoms with Gasteiger partial charge in [-0.2, -0.15) is 0 Å². The number of benzene rings is 1. The standard InChI is InChI=1S/C18H22ClN3O4/c1-12(23)17-15(16(21-26-17)13-2-4-14(19)5-3-13)18(24)20-6-7-22-8-10-25-11-9-22/h2-5,12,23H,6-11H2,1H3,(H,20,24)/t12-/m0/s1. The highest BCUT2D eigenvalue weighted by atomic mass is 35.5. The van der Waals surface area contributed by atoms with Crippen LogP contribution in [-0.2, 0) is 4.74 Å². The third-order valence-corrected chi connectivity index (χ3v) is 4.51. The number of amides is 1. The van der Waals surface area contributed by atoms with Crippen molar-refractivity contribution < 1.29 is 19.2 Å². The Kier molecular flexibility index (Phi) is 6.26. The maximum Gasteiger partial charge on any atom is 0.257 e. The van der Waals surface area contributed by atoms with Crippen LogP contribution in [0.25, 0.3) is 11.3 Å². The highest BCUT2D eigenvalue weighted by molar-refractivity contribution is 6.30. The molecule has 1 aromatic heterocycles. The minimum atomic E-state index is -0.941. The van der Waals surface area contributed by atoms with Gasteiger partial charge in [0.15, 0.2) is 5.76 Å². The number of hydrogen-bond acceptors (Lipinski definition) is 6. The van der Waals surface area contributed by atoms with Crippen molar-refractivity contribution in [2.75, 3.05) is 39.4 Å². The van der Waals surface area contributed by atoms with Gasteiger partial charge < -0.3 is 19.7 Å². The Morgan fingerprint density at radius 2 is 2.04 bits per heavy atom. The number of aliphatic hydroxyl groups is 1. The second-order valence-corrected chi connectivity index (χ2v) is 6.60. The Bertz CT molecular complexity index is 739. The number of morpholine rings is 1. The molecule has 1 atom stereocenters. The first-order valence-electron chi connectivity index (χ1n) is 8.58. The molecule has 8 heteroatoms. The van der Waals surface area contributed by atoms with E-state index < -0.39 is 6.10 Å². The molecule has 0 bridgehead atoms. The molecule has 0 radical (unpaired) electrons. The first-order chi connectivity index (χ1) is 12.6. The maximum atomic E-state index is 12.7. The number of aromatic nitrogens is 1. The summed E-state index contributed by atoms with van der Waals surface area (Å²) in [7, 11) is 0. The average molecular weight is 380 g/mol. The minimum Gasteiger partial charge on any atom is -0.385 e. The van der Waals surface area contributed by atoms with Gasteiger partial charge in [0.25, 0.3) is 5.91 Å². The summed E-state index contributed by atoms with van der Waals surface area (Å²) in [4.78, 5) is 15.0. The number of nitrogens with one attached hydrogen (secondary N) is 1. The predicted molar refractivity (Wildman–Crippen MR) is 97.2 cm³/mol. The monoisotopic (exact) mass is 379 g/mol. The van der Waals surface area contributed by atoms with E-state index in [-0.39, 0.29) is 17.2 Å². The van der Waals surface area contributed by atoms with Crippen LogP contribution >= 0.6 is 11.6 Å². The molecule has 3 rings (SSSR count). The quantitative estimate of drug-likeness (QED) is 0.799. The van der Waals surface area contributed by atoms with Gasteiger partial charge in [0.1, 0.15) is 17.4 Å². The Balaban J connectivity index is 1.74. The molecular weight excluding hydrogens is 358 g/mol. The van der Waals surface area contributed by atoms with E-state index in [0.717, 1.165) is 19.6 Å². The Morgan fingerprint density at radius 3 is 2.69 bits per heavy atom. The number of carbonyl (C=O) groups excluding carboxylic acids is 1. The fourth-order valence-electron chi connectivity index (χ4n) is 2.85. The topological polar surface area (TPSA) is 87.8 Å². The lowest BCUT2D eigenvalue weighted by Crippen LogP contribution is -2.41. The number of aliphatic hydroxyl groups excluding tert-OH is 1. The lowest BCUT2D eigenvalue weighted by atomic mass is 10.0. The third-order valence-electron chi connectivity index (χ3n) is 4.26. The molecule has 2 heterocycles. The molecular formula is C18H22ClN3O4. The van der Waals surface area contributed by atoms with E-state index in [1.54, 1.807) is 24.3 Å². The molecule has 1 amide bonds. The second-order valence-electron chi connectivity index (χ2n) is 6.16. The van der Waals surface area contributed by atoms with Gasteiger partial charge in [-0.3, -0.25) is 9.69 Å². The van der Waals surface area contributed by atoms with Gasteiger partial charge in [-0.1, -0.05) is 28.9 Å². The van der Waals surface area contributed by atoms with Crippen molar-refractivity contribution in [1.29, 1.82) is 0 Å². The minimum absolute atomic E-state index is 0.152. The van der Waals surface area contributed by atoms with E-state index in [9.17, 15) is 9.90 Å². The lowest BCUT2D eigenvalue weighted by molar-refractivity contribution is 0.0383. The molecule has 0 spiro atoms. The smallest absolute Gasteiger partial charge is 0.257 e. The average Bonchev–Trinajstić information content (AvgIpc) is 3.08. The zero-order valence-electron chi connectivity index (χ0n) is 14.6. The summed E-state index contributed by atoms with van der Waals surface area (Å²) in [5.74, 6) is -0.167. The Hall–Kier alpha value is -1.93. The van der Waals surface area contributed by atoms with Crippen molar-refractivity contribution in [3.8, 4) is 11.3 Å². The van der Waals surface area contributed by atoms with Gasteiger partial charge in [-0.15, -0.1) is 0 Å². The number of rotatable bonds is 6. The molecule has 1 saturated heterocycles. The fraction of sp³-hybridized carbons (Fsp3) is 0.444. The number of nitrogens with zero attached hydrogens (tertiary/aromatic N) is 2. The maximum absolute atomic E-state index is 12.7. The molecule has 1 aliphatic heterocycles. The highest BCUT2D eigenvalue weighted by Crippen LogP contribution is 2.29. The van der Waals surface area contributed by atoms with Crippen LogP contribution in [0.5, 0.6) is 0 Å². The second kappa shape index (κ2) is 8.64. The van der Waals surface area contributed by atoms with Gasteiger partial charge in [0.2, 0.25) is 0 Å². The molecule has 26 heavy (non-hydrogen) atoms. The van der Waals surface area contributed by atoms with Gasteiger partial charge in [-0.05, 0) is 19.1 Å². The van der Waals surface area contributed by atoms with Gasteiger partial charge in [0, 0.05) is 36.8 Å². The zero-order chi connectivity index (χ0) is 18.5. The van der Waals surface area contributed by atoms with Crippen LogP contribution in [0.2, 0.25) is 5.02 Å². The van der Waals surface area contributed by atoms with Crippen LogP contribution in [0, 0.1) is 0 Å². The van der Waals surface area contributed by atoms with Gasteiger partial charge >= 0.3 is 0 Å². The van der Waals surface area contributed by atoms with Crippen LogP contribution in [0.1, 0.15) is 29.1 Å². The zero-order valence-corrected chi connectivity index (χ0v) is 15.3. The molecule has 7 nitrogen and oxygen atoms in total. The largest absolute Gasteiger partial charge is 0.385 e. The van der Waals surface area contributed by atoms with E-state index in [0.29, 0.717) is 36.0 Å². The number of carbonyl (C=O) groups is 1. The van der Waals surface area contributed by atoms with E-state index >= 15 is 0 Å². The molecule has 1 fully saturated rings. The van der Waals surface area contributed by atoms with Crippen molar-refractivity contribution in [3.63, 3.8) is 0 Å². The van der Waals surface area contributed by atoms with Crippen LogP contribution in [0.3, 0.4) is 0 Å². The summed E-state index contributed by atoms with van der Waals surface area (Å²) in [6.07, 6.45) is -0.941. The summed E-state index contributed by atoms with van der Waals surface area (Å²) in [5.41, 5.74) is 1.34. The van der Waals surface area contributed by atoms with Crippen LogP contribution in [-0.4, -0.2) is 60.5 Å². The summed E-state index contributed by atoms with van der Waals surface area (Å²) in [6, 6.07) is 6.95. The first-order valence-corrected chi connectivity index (χ1v) is 8.96. The summed E-state index contributed by atoms with van der Waals surface area (Å²) in [5, 5.41) is 17.4. The summed E-state index contributed by atoms with van der Waals surface area (Å²) in [6.45, 7) is 5.91. The van der Waals surface area contributed by atoms with Gasteiger partial charge in [0.05, 0.1) is 13.2 Å². The van der Waals surface area contributed by atoms with E-state index in [2.05, 4.69) is 15.4 Å². The molecule has 2 N–H and O–H groups in total. The van der Waals surface area contributed by atoms with Crippen LogP contribution < -0.4 is 5.32 Å². The van der Waals surface area contributed by atoms with Crippen molar-refractivity contribution >= 4 is 17.5 Å². The first kappa shape index (κ1) is 18.8. The Labute approximate surface area is 156 Å². The van der Waals surface area contributed by atoms with Crippen molar-refractivity contribution in [2.45, 2.75) is 13.0 Å². The molecule has 2 aromatic rings. The van der Waals surface area contributed by atoms with E-state index in [1.807, 2.05) is 0 Å².